The molecular weight excluding hydrogens is 278 g/mol. The van der Waals surface area contributed by atoms with Gasteiger partial charge in [-0.3, -0.25) is 0 Å². The number of nitrogens with zero attached hydrogens (tertiary/aromatic N) is 3. The molecule has 0 spiro atoms. The van der Waals surface area contributed by atoms with Crippen LogP contribution in [0.25, 0.3) is 0 Å². The van der Waals surface area contributed by atoms with Gasteiger partial charge in [0.25, 0.3) is 0 Å². The van der Waals surface area contributed by atoms with Gasteiger partial charge in [-0.05, 0) is 24.7 Å². The highest BCUT2D eigenvalue weighted by Crippen LogP contribution is 2.48. The third-order valence-corrected chi connectivity index (χ3v) is 4.49. The van der Waals surface area contributed by atoms with E-state index in [9.17, 15) is 0 Å². The molecule has 96 valence electrons. The normalized spacial score (nSPS) is 23.2. The maximum absolute atomic E-state index is 4.47. The smallest absolute Gasteiger partial charge is 0.143 e. The van der Waals surface area contributed by atoms with Gasteiger partial charge in [0.05, 0.1) is 5.33 Å². The summed E-state index contributed by atoms with van der Waals surface area (Å²) in [6.45, 7) is 7.98. The van der Waals surface area contributed by atoms with Crippen molar-refractivity contribution in [2.75, 3.05) is 0 Å². The van der Waals surface area contributed by atoms with Crippen molar-refractivity contribution in [3.63, 3.8) is 0 Å². The zero-order valence-electron chi connectivity index (χ0n) is 11.0. The van der Waals surface area contributed by atoms with Crippen molar-refractivity contribution in [2.45, 2.75) is 64.2 Å². The van der Waals surface area contributed by atoms with Crippen molar-refractivity contribution in [2.24, 2.45) is 5.41 Å². The molecule has 0 N–H and O–H groups in total. The number of hydrogen-bond acceptors (Lipinski definition) is 2. The zero-order chi connectivity index (χ0) is 12.5. The summed E-state index contributed by atoms with van der Waals surface area (Å²) in [4.78, 5) is 0. The molecule has 2 rings (SSSR count). The van der Waals surface area contributed by atoms with E-state index in [4.69, 9.17) is 0 Å². The first-order valence-electron chi connectivity index (χ1n) is 6.58. The first-order valence-corrected chi connectivity index (χ1v) is 7.70. The van der Waals surface area contributed by atoms with E-state index in [0.717, 1.165) is 24.1 Å². The number of aromatic nitrogens is 3. The lowest BCUT2D eigenvalue weighted by atomic mass is 9.81. The second kappa shape index (κ2) is 5.09. The molecular formula is C13H22BrN3. The maximum atomic E-state index is 4.47. The van der Waals surface area contributed by atoms with E-state index >= 15 is 0 Å². The summed E-state index contributed by atoms with van der Waals surface area (Å²) in [5, 5.41) is 9.59. The van der Waals surface area contributed by atoms with Crippen molar-refractivity contribution < 1.29 is 0 Å². The molecule has 1 aliphatic rings. The molecule has 17 heavy (non-hydrogen) atoms. The van der Waals surface area contributed by atoms with Gasteiger partial charge in [0.15, 0.2) is 0 Å². The van der Waals surface area contributed by atoms with Gasteiger partial charge >= 0.3 is 0 Å². The Labute approximate surface area is 112 Å². The van der Waals surface area contributed by atoms with Gasteiger partial charge in [-0.25, -0.2) is 0 Å². The standard InChI is InChI=1S/C13H22BrN3/c1-4-8-17-11(9-14)15-16-12(17)10-6-5-7-13(10,2)3/h10H,4-9H2,1-3H3. The monoisotopic (exact) mass is 299 g/mol. The molecule has 3 nitrogen and oxygen atoms in total. The highest BCUT2D eigenvalue weighted by Gasteiger charge is 2.38. The van der Waals surface area contributed by atoms with Crippen LogP contribution in [0.1, 0.15) is 64.0 Å². The molecule has 1 unspecified atom stereocenters. The van der Waals surface area contributed by atoms with Crippen LogP contribution in [-0.4, -0.2) is 14.8 Å². The fourth-order valence-corrected chi connectivity index (χ4v) is 3.39. The van der Waals surface area contributed by atoms with Gasteiger partial charge in [0, 0.05) is 12.5 Å². The largest absolute Gasteiger partial charge is 0.314 e. The molecule has 0 saturated heterocycles. The van der Waals surface area contributed by atoms with Crippen LogP contribution >= 0.6 is 15.9 Å². The Morgan fingerprint density at radius 1 is 1.41 bits per heavy atom. The predicted molar refractivity (Wildman–Crippen MR) is 73.3 cm³/mol. The number of rotatable bonds is 4. The van der Waals surface area contributed by atoms with Crippen LogP contribution in [0, 0.1) is 5.41 Å². The molecule has 0 amide bonds. The summed E-state index contributed by atoms with van der Waals surface area (Å²) < 4.78 is 2.33. The second-order valence-electron chi connectivity index (χ2n) is 5.69. The summed E-state index contributed by atoms with van der Waals surface area (Å²) in [6, 6.07) is 0. The van der Waals surface area contributed by atoms with Gasteiger partial charge in [-0.1, -0.05) is 43.1 Å². The van der Waals surface area contributed by atoms with Gasteiger partial charge in [-0.2, -0.15) is 0 Å². The van der Waals surface area contributed by atoms with E-state index in [1.54, 1.807) is 0 Å². The molecule has 1 saturated carbocycles. The summed E-state index contributed by atoms with van der Waals surface area (Å²) >= 11 is 3.51. The second-order valence-corrected chi connectivity index (χ2v) is 6.25. The summed E-state index contributed by atoms with van der Waals surface area (Å²) in [5.41, 5.74) is 0.377. The Kier molecular flexibility index (Phi) is 3.91. The van der Waals surface area contributed by atoms with Gasteiger partial charge in [0.2, 0.25) is 0 Å². The Bertz CT molecular complexity index is 384. The topological polar surface area (TPSA) is 30.7 Å². The van der Waals surface area contributed by atoms with Crippen LogP contribution in [0.3, 0.4) is 0 Å². The third-order valence-electron chi connectivity index (χ3n) is 3.99. The third kappa shape index (κ3) is 2.42. The Balaban J connectivity index is 2.34. The van der Waals surface area contributed by atoms with Crippen LogP contribution < -0.4 is 0 Å². The summed E-state index contributed by atoms with van der Waals surface area (Å²) in [7, 11) is 0. The maximum Gasteiger partial charge on any atom is 0.143 e. The predicted octanol–water partition coefficient (Wildman–Crippen LogP) is 3.88. The SMILES string of the molecule is CCCn1c(CBr)nnc1C1CCCC1(C)C. The molecule has 0 bridgehead atoms. The first-order chi connectivity index (χ1) is 8.10. The van der Waals surface area contributed by atoms with Crippen LogP contribution in [-0.2, 0) is 11.9 Å². The highest BCUT2D eigenvalue weighted by molar-refractivity contribution is 9.08. The van der Waals surface area contributed by atoms with Crippen LogP contribution in [0.5, 0.6) is 0 Å². The van der Waals surface area contributed by atoms with Crippen LogP contribution in [0.4, 0.5) is 0 Å². The minimum atomic E-state index is 0.377. The first kappa shape index (κ1) is 13.1. The molecule has 0 aromatic carbocycles. The summed E-state index contributed by atoms with van der Waals surface area (Å²) in [6.07, 6.45) is 5.02. The van der Waals surface area contributed by atoms with E-state index in [2.05, 4.69) is 51.5 Å². The minimum absolute atomic E-state index is 0.377. The van der Waals surface area contributed by atoms with E-state index in [1.165, 1.54) is 25.1 Å². The van der Waals surface area contributed by atoms with Crippen molar-refractivity contribution in [3.8, 4) is 0 Å². The molecule has 1 fully saturated rings. The number of halogens is 1. The lowest BCUT2D eigenvalue weighted by molar-refractivity contribution is 0.313. The van der Waals surface area contributed by atoms with E-state index in [1.807, 2.05) is 0 Å². The number of alkyl halides is 1. The molecule has 0 radical (unpaired) electrons. The number of hydrogen-bond donors (Lipinski definition) is 0. The fourth-order valence-electron chi connectivity index (χ4n) is 2.98. The van der Waals surface area contributed by atoms with Gasteiger partial charge in [-0.15, -0.1) is 10.2 Å². The molecule has 4 heteroatoms. The van der Waals surface area contributed by atoms with E-state index in [0.29, 0.717) is 11.3 Å². The highest BCUT2D eigenvalue weighted by atomic mass is 79.9. The fraction of sp³-hybridized carbons (Fsp3) is 0.846. The lowest BCUT2D eigenvalue weighted by Crippen LogP contribution is -2.20. The van der Waals surface area contributed by atoms with Crippen LogP contribution in [0.2, 0.25) is 0 Å². The van der Waals surface area contributed by atoms with Gasteiger partial charge in [0.1, 0.15) is 11.6 Å². The zero-order valence-corrected chi connectivity index (χ0v) is 12.6. The van der Waals surface area contributed by atoms with Crippen LogP contribution in [0.15, 0.2) is 0 Å². The molecule has 1 atom stereocenters. The van der Waals surface area contributed by atoms with Gasteiger partial charge < -0.3 is 4.57 Å². The van der Waals surface area contributed by atoms with Crippen molar-refractivity contribution >= 4 is 15.9 Å². The molecule has 1 aliphatic carbocycles. The van der Waals surface area contributed by atoms with E-state index in [-0.39, 0.29) is 0 Å². The lowest BCUT2D eigenvalue weighted by Gasteiger charge is -2.26. The van der Waals surface area contributed by atoms with Crippen molar-refractivity contribution in [1.82, 2.24) is 14.8 Å². The molecule has 0 aliphatic heterocycles. The quantitative estimate of drug-likeness (QED) is 0.790. The molecule has 1 aromatic heterocycles. The Morgan fingerprint density at radius 3 is 2.71 bits per heavy atom. The molecule has 1 aromatic rings. The summed E-state index contributed by atoms with van der Waals surface area (Å²) in [5.74, 6) is 2.86. The Morgan fingerprint density at radius 2 is 2.18 bits per heavy atom. The van der Waals surface area contributed by atoms with Crippen molar-refractivity contribution in [3.05, 3.63) is 11.6 Å². The van der Waals surface area contributed by atoms with E-state index < -0.39 is 0 Å². The Hall–Kier alpha value is -0.380. The molecule has 1 heterocycles. The average molecular weight is 300 g/mol. The minimum Gasteiger partial charge on any atom is -0.314 e. The van der Waals surface area contributed by atoms with Crippen molar-refractivity contribution in [1.29, 1.82) is 0 Å². The average Bonchev–Trinajstić information content (AvgIpc) is 2.82.